The first kappa shape index (κ1) is 13.4. The molecule has 0 saturated heterocycles. The number of carbonyl (C=O) groups excluding carboxylic acids is 3. The summed E-state index contributed by atoms with van der Waals surface area (Å²) >= 11 is 0. The molecule has 1 aliphatic carbocycles. The summed E-state index contributed by atoms with van der Waals surface area (Å²) in [4.78, 5) is 39.6. The van der Waals surface area contributed by atoms with Crippen LogP contribution in [0.25, 0.3) is 0 Å². The molecular weight excluding hydrogens is 246 g/mol. The molecule has 2 rings (SSSR count). The van der Waals surface area contributed by atoms with E-state index in [1.165, 1.54) is 31.6 Å². The molecule has 0 bridgehead atoms. The van der Waals surface area contributed by atoms with Gasteiger partial charge in [0.05, 0.1) is 7.11 Å². The van der Waals surface area contributed by atoms with Crippen molar-refractivity contribution in [3.8, 4) is 0 Å². The normalized spacial score (nSPS) is 15.6. The largest absolute Gasteiger partial charge is 0.468 e. The molecule has 1 saturated carbocycles. The molecule has 1 aliphatic rings. The summed E-state index contributed by atoms with van der Waals surface area (Å²) < 4.78 is 4.63. The Bertz CT molecular complexity index is 493. The number of ether oxygens (including phenoxy) is 1. The number of methoxy groups -OCH3 is 1. The van der Waals surface area contributed by atoms with Gasteiger partial charge in [0, 0.05) is 30.3 Å². The van der Waals surface area contributed by atoms with Gasteiger partial charge in [-0.15, -0.1) is 0 Å². The van der Waals surface area contributed by atoms with Crippen LogP contribution in [0.5, 0.6) is 0 Å². The van der Waals surface area contributed by atoms with Crippen molar-refractivity contribution in [1.82, 2.24) is 4.98 Å². The molecular formula is C14H15NO4. The molecule has 0 aromatic carbocycles. The van der Waals surface area contributed by atoms with Crippen molar-refractivity contribution < 1.29 is 19.1 Å². The third-order valence-electron chi connectivity index (χ3n) is 3.21. The average Bonchev–Trinajstić information content (AvgIpc) is 3.28. The quantitative estimate of drug-likeness (QED) is 0.440. The highest BCUT2D eigenvalue weighted by molar-refractivity contribution is 6.10. The lowest BCUT2D eigenvalue weighted by Gasteiger charge is -2.12. The van der Waals surface area contributed by atoms with E-state index in [4.69, 9.17) is 0 Å². The summed E-state index contributed by atoms with van der Waals surface area (Å²) in [6, 6.07) is 3.06. The van der Waals surface area contributed by atoms with E-state index in [-0.39, 0.29) is 23.9 Å². The molecule has 100 valence electrons. The zero-order valence-electron chi connectivity index (χ0n) is 10.7. The van der Waals surface area contributed by atoms with Crippen LogP contribution in [0, 0.1) is 11.8 Å². The van der Waals surface area contributed by atoms with E-state index in [2.05, 4.69) is 9.72 Å². The average molecular weight is 261 g/mol. The highest BCUT2D eigenvalue weighted by atomic mass is 16.5. The molecule has 1 fully saturated rings. The fourth-order valence-electron chi connectivity index (χ4n) is 1.92. The van der Waals surface area contributed by atoms with Crippen molar-refractivity contribution in [2.45, 2.75) is 19.3 Å². The standard InChI is InChI=1S/C14H15NO4/c1-19-14(18)11(8-12(16)9-2-3-9)13(17)10-4-6-15-7-5-10/h4-7,9,11H,2-3,8H2,1H3. The van der Waals surface area contributed by atoms with E-state index in [0.717, 1.165) is 12.8 Å². The predicted molar refractivity (Wildman–Crippen MR) is 66.4 cm³/mol. The van der Waals surface area contributed by atoms with Crippen molar-refractivity contribution >= 4 is 17.5 Å². The van der Waals surface area contributed by atoms with Crippen molar-refractivity contribution in [2.75, 3.05) is 7.11 Å². The van der Waals surface area contributed by atoms with Gasteiger partial charge >= 0.3 is 5.97 Å². The number of esters is 1. The molecule has 1 aromatic heterocycles. The third kappa shape index (κ3) is 3.24. The molecule has 0 spiro atoms. The number of hydrogen-bond donors (Lipinski definition) is 0. The molecule has 0 N–H and O–H groups in total. The first-order chi connectivity index (χ1) is 9.13. The Morgan fingerprint density at radius 1 is 1.32 bits per heavy atom. The van der Waals surface area contributed by atoms with E-state index in [1.807, 2.05) is 0 Å². The molecule has 1 unspecified atom stereocenters. The number of nitrogens with zero attached hydrogens (tertiary/aromatic N) is 1. The molecule has 0 aliphatic heterocycles. The number of ketones is 2. The van der Waals surface area contributed by atoms with Crippen LogP contribution in [0.4, 0.5) is 0 Å². The van der Waals surface area contributed by atoms with Gasteiger partial charge in [0.2, 0.25) is 0 Å². The lowest BCUT2D eigenvalue weighted by atomic mass is 9.92. The van der Waals surface area contributed by atoms with Gasteiger partial charge in [-0.1, -0.05) is 0 Å². The topological polar surface area (TPSA) is 73.3 Å². The Morgan fingerprint density at radius 2 is 1.95 bits per heavy atom. The van der Waals surface area contributed by atoms with Crippen molar-refractivity contribution in [3.05, 3.63) is 30.1 Å². The summed E-state index contributed by atoms with van der Waals surface area (Å²) in [6.07, 6.45) is 4.60. The van der Waals surface area contributed by atoms with E-state index >= 15 is 0 Å². The Kier molecular flexibility index (Phi) is 4.04. The van der Waals surface area contributed by atoms with Gasteiger partial charge in [-0.3, -0.25) is 19.4 Å². The fraction of sp³-hybridized carbons (Fsp3) is 0.429. The summed E-state index contributed by atoms with van der Waals surface area (Å²) in [5.41, 5.74) is 0.369. The molecule has 0 amide bonds. The molecule has 1 aromatic rings. The SMILES string of the molecule is COC(=O)C(CC(=O)C1CC1)C(=O)c1ccncc1. The van der Waals surface area contributed by atoms with Crippen molar-refractivity contribution in [2.24, 2.45) is 11.8 Å². The number of aromatic nitrogens is 1. The first-order valence-electron chi connectivity index (χ1n) is 6.18. The smallest absolute Gasteiger partial charge is 0.317 e. The Labute approximate surface area is 111 Å². The lowest BCUT2D eigenvalue weighted by Crippen LogP contribution is -2.28. The van der Waals surface area contributed by atoms with Crippen LogP contribution in [0.1, 0.15) is 29.6 Å². The Balaban J connectivity index is 2.14. The van der Waals surface area contributed by atoms with E-state index in [0.29, 0.717) is 5.56 Å². The van der Waals surface area contributed by atoms with E-state index in [9.17, 15) is 14.4 Å². The lowest BCUT2D eigenvalue weighted by molar-refractivity contribution is -0.145. The number of rotatable bonds is 6. The maximum absolute atomic E-state index is 12.2. The van der Waals surface area contributed by atoms with Gasteiger partial charge in [-0.2, -0.15) is 0 Å². The van der Waals surface area contributed by atoms with Crippen LogP contribution in [0.2, 0.25) is 0 Å². The van der Waals surface area contributed by atoms with Crippen LogP contribution in [0.15, 0.2) is 24.5 Å². The summed E-state index contributed by atoms with van der Waals surface area (Å²) in [5.74, 6) is -2.09. The fourth-order valence-corrected chi connectivity index (χ4v) is 1.92. The maximum Gasteiger partial charge on any atom is 0.317 e. The van der Waals surface area contributed by atoms with Gasteiger partial charge in [-0.05, 0) is 25.0 Å². The molecule has 0 radical (unpaired) electrons. The minimum Gasteiger partial charge on any atom is -0.468 e. The monoisotopic (exact) mass is 261 g/mol. The second-order valence-electron chi connectivity index (χ2n) is 4.62. The number of hydrogen-bond acceptors (Lipinski definition) is 5. The van der Waals surface area contributed by atoms with Gasteiger partial charge < -0.3 is 4.74 Å². The molecule has 5 nitrogen and oxygen atoms in total. The Hall–Kier alpha value is -2.04. The molecule has 19 heavy (non-hydrogen) atoms. The number of pyridine rings is 1. The van der Waals surface area contributed by atoms with Gasteiger partial charge in [0.1, 0.15) is 11.7 Å². The predicted octanol–water partition coefficient (Wildman–Crippen LogP) is 1.42. The van der Waals surface area contributed by atoms with Crippen LogP contribution in [0.3, 0.4) is 0 Å². The van der Waals surface area contributed by atoms with Crippen LogP contribution >= 0.6 is 0 Å². The van der Waals surface area contributed by atoms with Crippen LogP contribution in [-0.4, -0.2) is 29.6 Å². The number of Topliss-reactive ketones (excluding diaryl/α,β-unsaturated/α-hetero) is 2. The molecule has 5 heteroatoms. The van der Waals surface area contributed by atoms with Crippen molar-refractivity contribution in [1.29, 1.82) is 0 Å². The van der Waals surface area contributed by atoms with Crippen LogP contribution in [-0.2, 0) is 14.3 Å². The Morgan fingerprint density at radius 3 is 2.47 bits per heavy atom. The minimum atomic E-state index is -1.04. The van der Waals surface area contributed by atoms with Crippen molar-refractivity contribution in [3.63, 3.8) is 0 Å². The first-order valence-corrected chi connectivity index (χ1v) is 6.18. The van der Waals surface area contributed by atoms with E-state index in [1.54, 1.807) is 0 Å². The second-order valence-corrected chi connectivity index (χ2v) is 4.62. The summed E-state index contributed by atoms with van der Waals surface area (Å²) in [6.45, 7) is 0. The van der Waals surface area contributed by atoms with Gasteiger partial charge in [0.25, 0.3) is 0 Å². The van der Waals surface area contributed by atoms with Gasteiger partial charge in [0.15, 0.2) is 5.78 Å². The highest BCUT2D eigenvalue weighted by Gasteiger charge is 2.36. The van der Waals surface area contributed by atoms with Gasteiger partial charge in [-0.25, -0.2) is 0 Å². The molecule has 1 atom stereocenters. The molecule has 1 heterocycles. The summed E-state index contributed by atoms with van der Waals surface area (Å²) in [5, 5.41) is 0. The zero-order chi connectivity index (χ0) is 13.8. The third-order valence-corrected chi connectivity index (χ3v) is 3.21. The highest BCUT2D eigenvalue weighted by Crippen LogP contribution is 2.32. The maximum atomic E-state index is 12.2. The van der Waals surface area contributed by atoms with Crippen LogP contribution < -0.4 is 0 Å². The zero-order valence-corrected chi connectivity index (χ0v) is 10.7. The second kappa shape index (κ2) is 5.73. The summed E-state index contributed by atoms with van der Waals surface area (Å²) in [7, 11) is 1.22. The minimum absolute atomic E-state index is 0.0254. The number of carbonyl (C=O) groups is 3. The van der Waals surface area contributed by atoms with E-state index < -0.39 is 11.9 Å².